The number of fused-ring (bicyclic) bond motifs is 3. The van der Waals surface area contributed by atoms with Crippen LogP contribution in [-0.2, 0) is 13.0 Å². The Bertz CT molecular complexity index is 1120. The van der Waals surface area contributed by atoms with Crippen LogP contribution in [0, 0.1) is 0 Å². The fraction of sp³-hybridized carbons (Fsp3) is 0.286. The van der Waals surface area contributed by atoms with Gasteiger partial charge >= 0.3 is 0 Å². The van der Waals surface area contributed by atoms with Crippen molar-refractivity contribution in [1.29, 1.82) is 0 Å². The van der Waals surface area contributed by atoms with Crippen molar-refractivity contribution in [3.63, 3.8) is 0 Å². The van der Waals surface area contributed by atoms with Crippen molar-refractivity contribution in [2.75, 3.05) is 17.3 Å². The number of imidazole rings is 1. The maximum absolute atomic E-state index is 5.85. The maximum Gasteiger partial charge on any atom is 0.144 e. The molecule has 0 atom stereocenters. The lowest BCUT2D eigenvalue weighted by Crippen LogP contribution is -2.25. The summed E-state index contributed by atoms with van der Waals surface area (Å²) < 4.78 is 2.15. The Morgan fingerprint density at radius 3 is 2.89 bits per heavy atom. The first-order chi connectivity index (χ1) is 13.3. The van der Waals surface area contributed by atoms with Crippen LogP contribution in [0.15, 0.2) is 49.1 Å². The number of alkyl halides is 1. The van der Waals surface area contributed by atoms with Gasteiger partial charge < -0.3 is 9.47 Å². The predicted octanol–water partition coefficient (Wildman–Crippen LogP) is 4.69. The molecule has 0 N–H and O–H groups in total. The molecule has 1 aliphatic rings. The summed E-state index contributed by atoms with van der Waals surface area (Å²) in [6.07, 6.45) is 6.72. The number of aryl methyl sites for hydroxylation is 2. The lowest BCUT2D eigenvalue weighted by Gasteiger charge is -2.31. The molecular weight excluding hydrogens is 358 g/mol. The number of hydrogen-bond acceptors (Lipinski definition) is 4. The van der Waals surface area contributed by atoms with Crippen molar-refractivity contribution in [3.8, 4) is 0 Å². The number of halogens is 1. The minimum Gasteiger partial charge on any atom is -0.330 e. The van der Waals surface area contributed by atoms with Crippen LogP contribution in [0.1, 0.15) is 18.4 Å². The average Bonchev–Trinajstić information content (AvgIpc) is 3.11. The monoisotopic (exact) mass is 377 g/mol. The summed E-state index contributed by atoms with van der Waals surface area (Å²) in [5, 5.41) is 1.05. The van der Waals surface area contributed by atoms with Crippen molar-refractivity contribution in [2.45, 2.75) is 25.8 Å². The number of nitrogens with zero attached hydrogens (tertiary/aromatic N) is 5. The molecule has 0 radical (unpaired) electrons. The van der Waals surface area contributed by atoms with Crippen LogP contribution < -0.4 is 4.90 Å². The quantitative estimate of drug-likeness (QED) is 0.484. The zero-order valence-corrected chi connectivity index (χ0v) is 15.7. The van der Waals surface area contributed by atoms with Crippen molar-refractivity contribution >= 4 is 45.0 Å². The molecule has 27 heavy (non-hydrogen) atoms. The van der Waals surface area contributed by atoms with Gasteiger partial charge in [-0.3, -0.25) is 0 Å². The molecule has 2 aromatic carbocycles. The average molecular weight is 378 g/mol. The lowest BCUT2D eigenvalue weighted by molar-refractivity contribution is 0.701. The Kier molecular flexibility index (Phi) is 4.17. The molecule has 6 heteroatoms. The Hall–Kier alpha value is -2.66. The maximum atomic E-state index is 5.85. The van der Waals surface area contributed by atoms with Gasteiger partial charge in [-0.1, -0.05) is 18.2 Å². The Morgan fingerprint density at radius 2 is 1.96 bits per heavy atom. The number of hydrogen-bond donors (Lipinski definition) is 0. The summed E-state index contributed by atoms with van der Waals surface area (Å²) in [7, 11) is 0. The molecule has 5 rings (SSSR count). The third-order valence-electron chi connectivity index (χ3n) is 5.25. The van der Waals surface area contributed by atoms with Gasteiger partial charge in [0.2, 0.25) is 0 Å². The molecule has 0 bridgehead atoms. The highest BCUT2D eigenvalue weighted by atomic mass is 35.5. The highest BCUT2D eigenvalue weighted by molar-refractivity contribution is 6.17. The largest absolute Gasteiger partial charge is 0.330 e. The van der Waals surface area contributed by atoms with Crippen LogP contribution in [0.25, 0.3) is 21.9 Å². The lowest BCUT2D eigenvalue weighted by atomic mass is 10.0. The molecule has 4 aromatic rings. The van der Waals surface area contributed by atoms with Crippen LogP contribution in [-0.4, -0.2) is 31.9 Å². The molecule has 3 heterocycles. The molecule has 0 saturated carbocycles. The third-order valence-corrected chi connectivity index (χ3v) is 5.52. The Balaban J connectivity index is 1.66. The fourth-order valence-electron chi connectivity index (χ4n) is 3.97. The van der Waals surface area contributed by atoms with Crippen molar-refractivity contribution in [1.82, 2.24) is 19.5 Å². The van der Waals surface area contributed by atoms with Gasteiger partial charge in [0.25, 0.3) is 0 Å². The van der Waals surface area contributed by atoms with Gasteiger partial charge in [0.05, 0.1) is 22.9 Å². The molecule has 0 aliphatic carbocycles. The molecule has 2 aromatic heterocycles. The van der Waals surface area contributed by atoms with Gasteiger partial charge in [0.15, 0.2) is 0 Å². The van der Waals surface area contributed by atoms with Crippen LogP contribution in [0.3, 0.4) is 0 Å². The molecule has 0 spiro atoms. The van der Waals surface area contributed by atoms with Gasteiger partial charge in [-0.05, 0) is 43.0 Å². The highest BCUT2D eigenvalue weighted by Crippen LogP contribution is 2.36. The third kappa shape index (κ3) is 2.82. The molecular formula is C21H20ClN5. The first kappa shape index (κ1) is 16.5. The van der Waals surface area contributed by atoms with E-state index in [2.05, 4.69) is 60.8 Å². The first-order valence-electron chi connectivity index (χ1n) is 9.36. The van der Waals surface area contributed by atoms with Gasteiger partial charge in [-0.25, -0.2) is 15.0 Å². The van der Waals surface area contributed by atoms with E-state index in [0.717, 1.165) is 60.1 Å². The van der Waals surface area contributed by atoms with E-state index in [4.69, 9.17) is 11.6 Å². The van der Waals surface area contributed by atoms with Gasteiger partial charge in [-0.2, -0.15) is 0 Å². The summed E-state index contributed by atoms with van der Waals surface area (Å²) in [4.78, 5) is 16.1. The topological polar surface area (TPSA) is 46.8 Å². The van der Waals surface area contributed by atoms with Crippen LogP contribution in [0.4, 0.5) is 11.5 Å². The second kappa shape index (κ2) is 6.82. The fourth-order valence-corrected chi connectivity index (χ4v) is 4.09. The van der Waals surface area contributed by atoms with E-state index in [1.807, 2.05) is 6.33 Å². The van der Waals surface area contributed by atoms with Gasteiger partial charge in [-0.15, -0.1) is 11.6 Å². The molecule has 0 amide bonds. The van der Waals surface area contributed by atoms with Crippen LogP contribution in [0.2, 0.25) is 0 Å². The smallest absolute Gasteiger partial charge is 0.144 e. The summed E-state index contributed by atoms with van der Waals surface area (Å²) in [6.45, 7) is 1.83. The van der Waals surface area contributed by atoms with Gasteiger partial charge in [0, 0.05) is 30.0 Å². The van der Waals surface area contributed by atoms with Crippen molar-refractivity contribution < 1.29 is 0 Å². The molecule has 5 nitrogen and oxygen atoms in total. The van der Waals surface area contributed by atoms with E-state index < -0.39 is 0 Å². The summed E-state index contributed by atoms with van der Waals surface area (Å²) >= 11 is 5.85. The number of para-hydroxylation sites is 1. The predicted molar refractivity (Wildman–Crippen MR) is 110 cm³/mol. The van der Waals surface area contributed by atoms with Crippen LogP contribution >= 0.6 is 11.6 Å². The number of aromatic nitrogens is 4. The van der Waals surface area contributed by atoms with Gasteiger partial charge in [0.1, 0.15) is 12.1 Å². The summed E-state index contributed by atoms with van der Waals surface area (Å²) in [5.74, 6) is 1.61. The van der Waals surface area contributed by atoms with E-state index in [9.17, 15) is 0 Å². The second-order valence-corrected chi connectivity index (χ2v) is 7.30. The van der Waals surface area contributed by atoms with Crippen LogP contribution in [0.5, 0.6) is 0 Å². The van der Waals surface area contributed by atoms with Crippen molar-refractivity contribution in [2.24, 2.45) is 0 Å². The van der Waals surface area contributed by atoms with E-state index in [1.165, 1.54) is 11.3 Å². The SMILES string of the molecule is ClCCCn1cnc2cc3c(N4CCCc5ccccc54)ncnc3cc21. The minimum absolute atomic E-state index is 0.647. The normalized spacial score (nSPS) is 14.0. The number of benzene rings is 2. The summed E-state index contributed by atoms with van der Waals surface area (Å²) in [5.41, 5.74) is 5.64. The van der Waals surface area contributed by atoms with E-state index in [0.29, 0.717) is 5.88 Å². The van der Waals surface area contributed by atoms with E-state index in [1.54, 1.807) is 6.33 Å². The number of anilines is 2. The minimum atomic E-state index is 0.647. The molecule has 136 valence electrons. The summed E-state index contributed by atoms with van der Waals surface area (Å²) in [6, 6.07) is 12.8. The standard InChI is InChI=1S/C21H20ClN5/c22-8-4-9-26-14-25-18-11-16-17(12-20(18)26)23-13-24-21(16)27-10-3-6-15-5-1-2-7-19(15)27/h1-2,5,7,11-14H,3-4,6,8-10H2. The Labute approximate surface area is 162 Å². The molecule has 0 fully saturated rings. The molecule has 0 unspecified atom stereocenters. The molecule has 1 aliphatic heterocycles. The zero-order chi connectivity index (χ0) is 18.2. The number of rotatable bonds is 4. The van der Waals surface area contributed by atoms with E-state index in [-0.39, 0.29) is 0 Å². The molecule has 0 saturated heterocycles. The first-order valence-corrected chi connectivity index (χ1v) is 9.89. The van der Waals surface area contributed by atoms with Crippen molar-refractivity contribution in [3.05, 3.63) is 54.6 Å². The van der Waals surface area contributed by atoms with E-state index >= 15 is 0 Å². The Morgan fingerprint density at radius 1 is 1.04 bits per heavy atom. The zero-order valence-electron chi connectivity index (χ0n) is 15.0. The second-order valence-electron chi connectivity index (χ2n) is 6.92. The highest BCUT2D eigenvalue weighted by Gasteiger charge is 2.21.